The molecule has 1 amide bonds. The van der Waals surface area contributed by atoms with Gasteiger partial charge in [-0.05, 0) is 18.6 Å². The number of carbonyl (C=O) groups excluding carboxylic acids is 1. The summed E-state index contributed by atoms with van der Waals surface area (Å²) in [5, 5.41) is 2.57. The number of aryl methyl sites for hydroxylation is 1. The Kier molecular flexibility index (Phi) is 3.50. The molecule has 0 bridgehead atoms. The fourth-order valence-electron chi connectivity index (χ4n) is 1.76. The second kappa shape index (κ2) is 4.95. The number of halogens is 3. The van der Waals surface area contributed by atoms with Crippen molar-refractivity contribution in [3.05, 3.63) is 35.6 Å². The highest BCUT2D eigenvalue weighted by Gasteiger charge is 2.27. The summed E-state index contributed by atoms with van der Waals surface area (Å²) in [7, 11) is 0. The maximum atomic E-state index is 12.0. The summed E-state index contributed by atoms with van der Waals surface area (Å²) in [6.45, 7) is 0.582. The monoisotopic (exact) mass is 271 g/mol. The van der Waals surface area contributed by atoms with Crippen LogP contribution in [0.1, 0.15) is 11.1 Å². The second-order valence-corrected chi connectivity index (χ2v) is 4.33. The Labute approximate surface area is 107 Å². The smallest absolute Gasteiger partial charge is 0.405 e. The number of alkyl halides is 3. The van der Waals surface area contributed by atoms with Gasteiger partial charge in [-0.15, -0.1) is 0 Å². The molecule has 19 heavy (non-hydrogen) atoms. The van der Waals surface area contributed by atoms with Gasteiger partial charge >= 0.3 is 6.18 Å². The summed E-state index contributed by atoms with van der Waals surface area (Å²) >= 11 is 0. The Balaban J connectivity index is 2.07. The Hall–Kier alpha value is -1.98. The standard InChI is InChI=1S/C13H12F3NO2/c1-8-2-3-10-9(6-19-11(10)4-8)5-12(18)17-7-13(14,15)16/h2-4,6H,5,7H2,1H3,(H,17,18). The molecule has 2 aromatic rings. The molecule has 0 spiro atoms. The molecule has 6 heteroatoms. The molecule has 0 unspecified atom stereocenters. The number of carbonyl (C=O) groups is 1. The van der Waals surface area contributed by atoms with Gasteiger partial charge < -0.3 is 9.73 Å². The van der Waals surface area contributed by atoms with Gasteiger partial charge in [0.25, 0.3) is 0 Å². The van der Waals surface area contributed by atoms with Crippen molar-refractivity contribution in [3.63, 3.8) is 0 Å². The summed E-state index contributed by atoms with van der Waals surface area (Å²) in [5.74, 6) is -0.680. The van der Waals surface area contributed by atoms with Crippen molar-refractivity contribution in [1.29, 1.82) is 0 Å². The van der Waals surface area contributed by atoms with Crippen molar-refractivity contribution in [3.8, 4) is 0 Å². The van der Waals surface area contributed by atoms with Gasteiger partial charge in [-0.3, -0.25) is 4.79 Å². The lowest BCUT2D eigenvalue weighted by Crippen LogP contribution is -2.34. The van der Waals surface area contributed by atoms with E-state index in [2.05, 4.69) is 0 Å². The number of hydrogen-bond donors (Lipinski definition) is 1. The Morgan fingerprint density at radius 3 is 2.79 bits per heavy atom. The summed E-state index contributed by atoms with van der Waals surface area (Å²) < 4.78 is 41.2. The van der Waals surface area contributed by atoms with Crippen molar-refractivity contribution in [1.82, 2.24) is 5.32 Å². The molecule has 0 aliphatic carbocycles. The van der Waals surface area contributed by atoms with Crippen LogP contribution in [-0.4, -0.2) is 18.6 Å². The average molecular weight is 271 g/mol. The molecule has 1 aromatic carbocycles. The number of furan rings is 1. The molecule has 0 radical (unpaired) electrons. The van der Waals surface area contributed by atoms with E-state index < -0.39 is 18.6 Å². The fourth-order valence-corrected chi connectivity index (χ4v) is 1.76. The summed E-state index contributed by atoms with van der Waals surface area (Å²) in [6.07, 6.45) is -3.13. The van der Waals surface area contributed by atoms with Gasteiger partial charge in [0, 0.05) is 10.9 Å². The minimum atomic E-state index is -4.40. The van der Waals surface area contributed by atoms with Crippen molar-refractivity contribution in [2.24, 2.45) is 0 Å². The topological polar surface area (TPSA) is 42.2 Å². The lowest BCUT2D eigenvalue weighted by Gasteiger charge is -2.07. The predicted octanol–water partition coefficient (Wildman–Crippen LogP) is 2.96. The van der Waals surface area contributed by atoms with Crippen molar-refractivity contribution in [2.75, 3.05) is 6.54 Å². The van der Waals surface area contributed by atoms with E-state index >= 15 is 0 Å². The molecule has 0 saturated carbocycles. The summed E-state index contributed by atoms with van der Waals surface area (Å²) in [5.41, 5.74) is 2.21. The van der Waals surface area contributed by atoms with E-state index in [4.69, 9.17) is 4.42 Å². The lowest BCUT2D eigenvalue weighted by atomic mass is 10.1. The molecule has 102 valence electrons. The Morgan fingerprint density at radius 2 is 2.11 bits per heavy atom. The third-order valence-electron chi connectivity index (χ3n) is 2.65. The van der Waals surface area contributed by atoms with Gasteiger partial charge in [0.05, 0.1) is 12.7 Å². The van der Waals surface area contributed by atoms with Crippen LogP contribution < -0.4 is 5.32 Å². The minimum absolute atomic E-state index is 0.133. The Bertz CT molecular complexity index is 601. The fraction of sp³-hybridized carbons (Fsp3) is 0.308. The highest BCUT2D eigenvalue weighted by atomic mass is 19.4. The molecule has 1 N–H and O–H groups in total. The molecule has 0 aliphatic rings. The third-order valence-corrected chi connectivity index (χ3v) is 2.65. The van der Waals surface area contributed by atoms with Gasteiger partial charge in [-0.25, -0.2) is 0 Å². The first kappa shape index (κ1) is 13.5. The van der Waals surface area contributed by atoms with Crippen LogP contribution in [0.15, 0.2) is 28.9 Å². The largest absolute Gasteiger partial charge is 0.464 e. The first-order valence-corrected chi connectivity index (χ1v) is 5.65. The second-order valence-electron chi connectivity index (χ2n) is 4.33. The normalized spacial score (nSPS) is 11.8. The SMILES string of the molecule is Cc1ccc2c(CC(=O)NCC(F)(F)F)coc2c1. The third kappa shape index (κ3) is 3.49. The predicted molar refractivity (Wildman–Crippen MR) is 63.7 cm³/mol. The van der Waals surface area contributed by atoms with Crippen molar-refractivity contribution in [2.45, 2.75) is 19.5 Å². The quantitative estimate of drug-likeness (QED) is 0.932. The van der Waals surface area contributed by atoms with Crippen LogP contribution >= 0.6 is 0 Å². The van der Waals surface area contributed by atoms with E-state index in [1.165, 1.54) is 6.26 Å². The van der Waals surface area contributed by atoms with Crippen LogP contribution in [0.2, 0.25) is 0 Å². The van der Waals surface area contributed by atoms with Crippen molar-refractivity contribution >= 4 is 16.9 Å². The molecule has 1 heterocycles. The number of hydrogen-bond acceptors (Lipinski definition) is 2. The first-order valence-electron chi connectivity index (χ1n) is 5.65. The van der Waals surface area contributed by atoms with E-state index in [0.717, 1.165) is 10.9 Å². The zero-order chi connectivity index (χ0) is 14.0. The average Bonchev–Trinajstić information content (AvgIpc) is 2.68. The Morgan fingerprint density at radius 1 is 1.37 bits per heavy atom. The minimum Gasteiger partial charge on any atom is -0.464 e. The van der Waals surface area contributed by atoms with Gasteiger partial charge in [0.15, 0.2) is 0 Å². The number of amides is 1. The van der Waals surface area contributed by atoms with Gasteiger partial charge in [-0.2, -0.15) is 13.2 Å². The van der Waals surface area contributed by atoms with Crippen LogP contribution in [0.25, 0.3) is 11.0 Å². The van der Waals surface area contributed by atoms with Crippen molar-refractivity contribution < 1.29 is 22.4 Å². The summed E-state index contributed by atoms with van der Waals surface area (Å²) in [4.78, 5) is 11.4. The molecule has 0 saturated heterocycles. The maximum Gasteiger partial charge on any atom is 0.405 e. The van der Waals surface area contributed by atoms with Crippen LogP contribution in [0, 0.1) is 6.92 Å². The number of nitrogens with one attached hydrogen (secondary N) is 1. The molecule has 3 nitrogen and oxygen atoms in total. The molecule has 0 aliphatic heterocycles. The molecule has 2 rings (SSSR count). The van der Waals surface area contributed by atoms with E-state index in [9.17, 15) is 18.0 Å². The van der Waals surface area contributed by atoms with Crippen LogP contribution in [0.5, 0.6) is 0 Å². The molecular formula is C13H12F3NO2. The van der Waals surface area contributed by atoms with E-state index in [1.807, 2.05) is 24.4 Å². The van der Waals surface area contributed by atoms with Gasteiger partial charge in [0.1, 0.15) is 12.1 Å². The zero-order valence-corrected chi connectivity index (χ0v) is 10.2. The number of rotatable bonds is 3. The highest BCUT2D eigenvalue weighted by molar-refractivity contribution is 5.87. The summed E-state index contributed by atoms with van der Waals surface area (Å²) in [6, 6.07) is 5.46. The van der Waals surface area contributed by atoms with E-state index in [-0.39, 0.29) is 6.42 Å². The highest BCUT2D eigenvalue weighted by Crippen LogP contribution is 2.22. The maximum absolute atomic E-state index is 12.0. The molecule has 1 aromatic heterocycles. The first-order chi connectivity index (χ1) is 8.85. The lowest BCUT2D eigenvalue weighted by molar-refractivity contribution is -0.138. The van der Waals surface area contributed by atoms with Gasteiger partial charge in [0.2, 0.25) is 5.91 Å². The molecule has 0 atom stereocenters. The van der Waals surface area contributed by atoms with Gasteiger partial charge in [-0.1, -0.05) is 12.1 Å². The van der Waals surface area contributed by atoms with E-state index in [1.54, 1.807) is 6.07 Å². The van der Waals surface area contributed by atoms with Crippen LogP contribution in [-0.2, 0) is 11.2 Å². The molecule has 0 fully saturated rings. The van der Waals surface area contributed by atoms with Crippen LogP contribution in [0.3, 0.4) is 0 Å². The van der Waals surface area contributed by atoms with Crippen LogP contribution in [0.4, 0.5) is 13.2 Å². The zero-order valence-electron chi connectivity index (χ0n) is 10.2. The number of fused-ring (bicyclic) bond motifs is 1. The van der Waals surface area contributed by atoms with E-state index in [0.29, 0.717) is 11.1 Å². The molecular weight excluding hydrogens is 259 g/mol. The number of benzene rings is 1.